The van der Waals surface area contributed by atoms with Crippen molar-refractivity contribution in [2.75, 3.05) is 32.5 Å². The minimum absolute atomic E-state index is 0.137. The second kappa shape index (κ2) is 9.41. The zero-order chi connectivity index (χ0) is 18.4. The molecule has 1 fully saturated rings. The molecule has 1 aromatic carbocycles. The van der Waals surface area contributed by atoms with E-state index >= 15 is 0 Å². The summed E-state index contributed by atoms with van der Waals surface area (Å²) in [5.41, 5.74) is 1.80. The summed E-state index contributed by atoms with van der Waals surface area (Å²) in [6.45, 7) is 4.11. The Labute approximate surface area is 158 Å². The number of thioether (sulfide) groups is 1. The fraction of sp³-hybridized carbons (Fsp3) is 0.474. The minimum Gasteiger partial charge on any atom is -0.396 e. The maximum Gasteiger partial charge on any atom is 0.187 e. The van der Waals surface area contributed by atoms with Gasteiger partial charge in [-0.1, -0.05) is 30.0 Å². The lowest BCUT2D eigenvalue weighted by atomic mass is 10.1. The number of hydrogen-bond donors (Lipinski definition) is 1. The Morgan fingerprint density at radius 1 is 1.19 bits per heavy atom. The number of aromatic nitrogens is 2. The summed E-state index contributed by atoms with van der Waals surface area (Å²) in [4.78, 5) is 13.3. The van der Waals surface area contributed by atoms with Gasteiger partial charge in [0.2, 0.25) is 0 Å². The highest BCUT2D eigenvalue weighted by molar-refractivity contribution is 7.98. The molecule has 0 spiro atoms. The van der Waals surface area contributed by atoms with Crippen molar-refractivity contribution in [3.8, 4) is 0 Å². The van der Waals surface area contributed by atoms with E-state index in [0.717, 1.165) is 36.9 Å². The highest BCUT2D eigenvalue weighted by Gasteiger charge is 2.27. The van der Waals surface area contributed by atoms with Gasteiger partial charge in [-0.3, -0.25) is 9.80 Å². The number of nitrogens with zero attached hydrogens (tertiary/aromatic N) is 4. The van der Waals surface area contributed by atoms with Crippen molar-refractivity contribution in [1.29, 1.82) is 0 Å². The Bertz CT molecular complexity index is 700. The summed E-state index contributed by atoms with van der Waals surface area (Å²) < 4.78 is 14.0. The van der Waals surface area contributed by atoms with E-state index in [1.165, 1.54) is 17.8 Å². The lowest BCUT2D eigenvalue weighted by Crippen LogP contribution is -2.52. The monoisotopic (exact) mass is 376 g/mol. The second-order valence-corrected chi connectivity index (χ2v) is 7.31. The predicted octanol–water partition coefficient (Wildman–Crippen LogP) is 2.41. The first-order valence-corrected chi connectivity index (χ1v) is 10.1. The predicted molar refractivity (Wildman–Crippen MR) is 101 cm³/mol. The molecule has 1 saturated heterocycles. The third-order valence-electron chi connectivity index (χ3n) is 4.75. The summed E-state index contributed by atoms with van der Waals surface area (Å²) in [7, 11) is 0. The van der Waals surface area contributed by atoms with E-state index in [1.54, 1.807) is 6.07 Å². The van der Waals surface area contributed by atoms with E-state index in [0.29, 0.717) is 18.5 Å². The van der Waals surface area contributed by atoms with Gasteiger partial charge in [-0.05, 0) is 18.7 Å². The Kier molecular flexibility index (Phi) is 6.96. The van der Waals surface area contributed by atoms with Crippen molar-refractivity contribution >= 4 is 11.8 Å². The summed E-state index contributed by atoms with van der Waals surface area (Å²) >= 11 is 1.53. The van der Waals surface area contributed by atoms with Gasteiger partial charge in [0.05, 0.1) is 0 Å². The molecule has 5 nitrogen and oxygen atoms in total. The van der Waals surface area contributed by atoms with Crippen LogP contribution in [0.5, 0.6) is 0 Å². The Hall–Kier alpha value is -1.54. The number of benzene rings is 1. The van der Waals surface area contributed by atoms with E-state index in [4.69, 9.17) is 0 Å². The molecule has 1 N–H and O–H groups in total. The first kappa shape index (κ1) is 19.2. The molecule has 140 valence electrons. The quantitative estimate of drug-likeness (QED) is 0.592. The maximum absolute atomic E-state index is 14.0. The SMILES string of the molecule is CSc1ncc(CN2CCN(Cc3ccccc3F)[C@H](CCO)C2)cn1. The smallest absolute Gasteiger partial charge is 0.187 e. The molecule has 3 rings (SSSR count). The molecular weight excluding hydrogens is 351 g/mol. The van der Waals surface area contributed by atoms with E-state index in [-0.39, 0.29) is 18.5 Å². The molecule has 2 aromatic rings. The summed E-state index contributed by atoms with van der Waals surface area (Å²) in [6.07, 6.45) is 6.41. The highest BCUT2D eigenvalue weighted by Crippen LogP contribution is 2.19. The normalized spacial score (nSPS) is 19.0. The van der Waals surface area contributed by atoms with Crippen LogP contribution in [-0.2, 0) is 13.1 Å². The highest BCUT2D eigenvalue weighted by atomic mass is 32.2. The largest absolute Gasteiger partial charge is 0.396 e. The molecule has 0 saturated carbocycles. The Morgan fingerprint density at radius 2 is 1.96 bits per heavy atom. The van der Waals surface area contributed by atoms with Crippen LogP contribution in [0.2, 0.25) is 0 Å². The second-order valence-electron chi connectivity index (χ2n) is 6.54. The van der Waals surface area contributed by atoms with E-state index in [9.17, 15) is 9.50 Å². The van der Waals surface area contributed by atoms with Crippen LogP contribution in [0.3, 0.4) is 0 Å². The van der Waals surface area contributed by atoms with Crippen molar-refractivity contribution in [2.45, 2.75) is 30.7 Å². The third-order valence-corrected chi connectivity index (χ3v) is 5.33. The van der Waals surface area contributed by atoms with E-state index in [1.807, 2.05) is 30.8 Å². The van der Waals surface area contributed by atoms with Crippen LogP contribution < -0.4 is 0 Å². The molecule has 0 radical (unpaired) electrons. The number of aliphatic hydroxyl groups excluding tert-OH is 1. The van der Waals surface area contributed by atoms with E-state index < -0.39 is 0 Å². The number of rotatable bonds is 7. The molecule has 1 aromatic heterocycles. The average Bonchev–Trinajstić information content (AvgIpc) is 2.66. The van der Waals surface area contributed by atoms with Gasteiger partial charge in [0.25, 0.3) is 0 Å². The maximum atomic E-state index is 14.0. The lowest BCUT2D eigenvalue weighted by Gasteiger charge is -2.41. The molecule has 0 aliphatic carbocycles. The molecular formula is C19H25FN4OS. The molecule has 26 heavy (non-hydrogen) atoms. The minimum atomic E-state index is -0.163. The van der Waals surface area contributed by atoms with Crippen LogP contribution >= 0.6 is 11.8 Å². The molecule has 1 aliphatic heterocycles. The molecule has 0 unspecified atom stereocenters. The van der Waals surface area contributed by atoms with Crippen molar-refractivity contribution in [3.05, 3.63) is 53.6 Å². The Balaban J connectivity index is 1.62. The molecule has 2 heterocycles. The van der Waals surface area contributed by atoms with Crippen molar-refractivity contribution in [1.82, 2.24) is 19.8 Å². The van der Waals surface area contributed by atoms with Gasteiger partial charge in [-0.25, -0.2) is 14.4 Å². The number of hydrogen-bond acceptors (Lipinski definition) is 6. The van der Waals surface area contributed by atoms with Gasteiger partial charge < -0.3 is 5.11 Å². The number of piperazine rings is 1. The van der Waals surface area contributed by atoms with Crippen LogP contribution in [-0.4, -0.2) is 63.4 Å². The van der Waals surface area contributed by atoms with Crippen LogP contribution in [0.15, 0.2) is 41.8 Å². The van der Waals surface area contributed by atoms with Crippen LogP contribution in [0.4, 0.5) is 4.39 Å². The van der Waals surface area contributed by atoms with Crippen molar-refractivity contribution in [2.24, 2.45) is 0 Å². The third kappa shape index (κ3) is 5.01. The van der Waals surface area contributed by atoms with Crippen molar-refractivity contribution in [3.63, 3.8) is 0 Å². The zero-order valence-electron chi connectivity index (χ0n) is 15.0. The lowest BCUT2D eigenvalue weighted by molar-refractivity contribution is 0.0492. The van der Waals surface area contributed by atoms with Crippen LogP contribution in [0.25, 0.3) is 0 Å². The first-order chi connectivity index (χ1) is 12.7. The molecule has 0 amide bonds. The molecule has 0 bridgehead atoms. The zero-order valence-corrected chi connectivity index (χ0v) is 15.8. The van der Waals surface area contributed by atoms with Gasteiger partial charge in [0, 0.05) is 68.9 Å². The first-order valence-electron chi connectivity index (χ1n) is 8.85. The van der Waals surface area contributed by atoms with Gasteiger partial charge in [0.1, 0.15) is 5.82 Å². The fourth-order valence-electron chi connectivity index (χ4n) is 3.37. The van der Waals surface area contributed by atoms with Crippen LogP contribution in [0.1, 0.15) is 17.5 Å². The Morgan fingerprint density at radius 3 is 2.65 bits per heavy atom. The average molecular weight is 377 g/mol. The fourth-order valence-corrected chi connectivity index (χ4v) is 3.68. The van der Waals surface area contributed by atoms with Crippen LogP contribution in [0, 0.1) is 5.82 Å². The van der Waals surface area contributed by atoms with E-state index in [2.05, 4.69) is 19.8 Å². The topological polar surface area (TPSA) is 52.5 Å². The van der Waals surface area contributed by atoms with Gasteiger partial charge in [0.15, 0.2) is 5.16 Å². The number of halogens is 1. The molecule has 1 aliphatic rings. The van der Waals surface area contributed by atoms with Gasteiger partial charge in [-0.15, -0.1) is 0 Å². The number of aliphatic hydroxyl groups is 1. The van der Waals surface area contributed by atoms with Crippen molar-refractivity contribution < 1.29 is 9.50 Å². The summed E-state index contributed by atoms with van der Waals surface area (Å²) in [6, 6.07) is 7.13. The van der Waals surface area contributed by atoms with Gasteiger partial charge in [-0.2, -0.15) is 0 Å². The standard InChI is InChI=1S/C19H25FN4OS/c1-26-19-21-10-15(11-22-19)12-23-7-8-24(17(14-23)6-9-25)13-16-4-2-3-5-18(16)20/h2-5,10-11,17,25H,6-9,12-14H2,1H3/t17-/m1/s1. The molecule has 1 atom stereocenters. The van der Waals surface area contributed by atoms with Gasteiger partial charge >= 0.3 is 0 Å². The summed E-state index contributed by atoms with van der Waals surface area (Å²) in [5.74, 6) is -0.163. The molecule has 7 heteroatoms. The summed E-state index contributed by atoms with van der Waals surface area (Å²) in [5, 5.41) is 10.2.